The first-order chi connectivity index (χ1) is 14.6. The molecule has 0 saturated heterocycles. The highest BCUT2D eigenvalue weighted by molar-refractivity contribution is 7.09. The molecular weight excluding hydrogens is 420 g/mol. The average molecular weight is 453 g/mol. The molecule has 7 N–H and O–H groups in total. The summed E-state index contributed by atoms with van der Waals surface area (Å²) in [4.78, 5) is 38.1. The third-order valence-electron chi connectivity index (χ3n) is 5.18. The molecule has 0 aromatic carbocycles. The van der Waals surface area contributed by atoms with Crippen LogP contribution in [0.2, 0.25) is 0 Å². The van der Waals surface area contributed by atoms with Crippen molar-refractivity contribution >= 4 is 29.1 Å². The third-order valence-corrected chi connectivity index (χ3v) is 6.08. The molecule has 0 saturated carbocycles. The molecule has 0 spiro atoms. The van der Waals surface area contributed by atoms with Gasteiger partial charge in [0.2, 0.25) is 17.7 Å². The van der Waals surface area contributed by atoms with Crippen molar-refractivity contribution in [2.75, 3.05) is 7.05 Å². The Balaban J connectivity index is 2.11. The van der Waals surface area contributed by atoms with E-state index in [-0.39, 0.29) is 30.2 Å². The van der Waals surface area contributed by atoms with Gasteiger partial charge in [0.1, 0.15) is 12.1 Å². The van der Waals surface area contributed by atoms with E-state index >= 15 is 0 Å². The van der Waals surface area contributed by atoms with Crippen molar-refractivity contribution in [3.05, 3.63) is 34.0 Å². The number of primary amides is 1. The quantitative estimate of drug-likeness (QED) is 0.279. The van der Waals surface area contributed by atoms with E-state index in [1.54, 1.807) is 7.05 Å². The molecule has 1 heterocycles. The van der Waals surface area contributed by atoms with Gasteiger partial charge >= 0.3 is 0 Å². The molecule has 1 aliphatic rings. The Hall–Kier alpha value is -2.27. The summed E-state index contributed by atoms with van der Waals surface area (Å²) < 4.78 is 0. The number of likely N-dealkylation sites (N-methyl/N-ethyl adjacent to an activating group) is 1. The summed E-state index contributed by atoms with van der Waals surface area (Å²) in [5, 5.41) is 30.7. The lowest BCUT2D eigenvalue weighted by Gasteiger charge is -2.32. The Morgan fingerprint density at radius 2 is 1.97 bits per heavy atom. The third kappa shape index (κ3) is 7.13. The molecule has 1 aromatic heterocycles. The van der Waals surface area contributed by atoms with Gasteiger partial charge in [0, 0.05) is 23.3 Å². The number of thiophene rings is 1. The summed E-state index contributed by atoms with van der Waals surface area (Å²) in [5.41, 5.74) is 5.61. The number of nitrogens with one attached hydrogen (secondary N) is 3. The van der Waals surface area contributed by atoms with E-state index in [9.17, 15) is 24.6 Å². The summed E-state index contributed by atoms with van der Waals surface area (Å²) in [5.74, 6) is -1.30. The van der Waals surface area contributed by atoms with Gasteiger partial charge in [-0.05, 0) is 30.8 Å². The molecule has 10 heteroatoms. The minimum Gasteiger partial charge on any atom is -0.390 e. The van der Waals surface area contributed by atoms with Crippen molar-refractivity contribution in [2.24, 2.45) is 11.7 Å². The first-order valence-corrected chi connectivity index (χ1v) is 11.2. The molecule has 172 valence electrons. The van der Waals surface area contributed by atoms with Crippen LogP contribution in [0.25, 0.3) is 0 Å². The number of carbonyl (C=O) groups excluding carboxylic acids is 3. The Morgan fingerprint density at radius 3 is 2.52 bits per heavy atom. The molecule has 5 unspecified atom stereocenters. The topological polar surface area (TPSA) is 154 Å². The van der Waals surface area contributed by atoms with Crippen LogP contribution in [0.5, 0.6) is 0 Å². The lowest BCUT2D eigenvalue weighted by atomic mass is 9.89. The Labute approximate surface area is 186 Å². The summed E-state index contributed by atoms with van der Waals surface area (Å²) in [6, 6.07) is 1.36. The minimum atomic E-state index is -1.25. The molecule has 0 radical (unpaired) electrons. The van der Waals surface area contributed by atoms with Crippen molar-refractivity contribution in [2.45, 2.75) is 63.4 Å². The molecule has 5 atom stereocenters. The smallest absolute Gasteiger partial charge is 0.247 e. The fourth-order valence-corrected chi connectivity index (χ4v) is 4.21. The Bertz CT molecular complexity index is 796. The number of hydrogen-bond donors (Lipinski definition) is 6. The molecule has 31 heavy (non-hydrogen) atoms. The van der Waals surface area contributed by atoms with Gasteiger partial charge in [0.05, 0.1) is 18.2 Å². The zero-order valence-electron chi connectivity index (χ0n) is 18.0. The van der Waals surface area contributed by atoms with Crippen LogP contribution in [0.4, 0.5) is 0 Å². The van der Waals surface area contributed by atoms with E-state index in [1.165, 1.54) is 17.4 Å². The van der Waals surface area contributed by atoms with E-state index < -0.39 is 42.1 Å². The largest absolute Gasteiger partial charge is 0.390 e. The summed E-state index contributed by atoms with van der Waals surface area (Å²) in [6.07, 6.45) is -0.320. The molecule has 0 bridgehead atoms. The van der Waals surface area contributed by atoms with Crippen LogP contribution in [0.15, 0.2) is 29.2 Å². The van der Waals surface area contributed by atoms with Crippen molar-refractivity contribution in [3.63, 3.8) is 0 Å². The highest BCUT2D eigenvalue weighted by Gasteiger charge is 2.35. The second kappa shape index (κ2) is 11.4. The van der Waals surface area contributed by atoms with Crippen LogP contribution >= 0.6 is 11.3 Å². The van der Waals surface area contributed by atoms with Gasteiger partial charge < -0.3 is 31.9 Å². The molecule has 0 aliphatic heterocycles. The summed E-state index contributed by atoms with van der Waals surface area (Å²) in [7, 11) is 1.67. The molecule has 2 rings (SSSR count). The first kappa shape index (κ1) is 25.0. The summed E-state index contributed by atoms with van der Waals surface area (Å²) >= 11 is 1.45. The molecule has 1 aromatic rings. The number of carbonyl (C=O) groups is 3. The molecular formula is C21H32N4O5S. The number of hydrogen-bond acceptors (Lipinski definition) is 7. The Kier molecular flexibility index (Phi) is 9.17. The number of aliphatic hydroxyl groups excluding tert-OH is 2. The number of rotatable bonds is 10. The highest BCUT2D eigenvalue weighted by atomic mass is 32.1. The molecule has 0 fully saturated rings. The maximum atomic E-state index is 12.8. The summed E-state index contributed by atoms with van der Waals surface area (Å²) in [6.45, 7) is 3.98. The predicted molar refractivity (Wildman–Crippen MR) is 118 cm³/mol. The van der Waals surface area contributed by atoms with E-state index in [1.807, 2.05) is 31.4 Å². The highest BCUT2D eigenvalue weighted by Crippen LogP contribution is 2.21. The van der Waals surface area contributed by atoms with Gasteiger partial charge in [0.25, 0.3) is 0 Å². The average Bonchev–Trinajstić information content (AvgIpc) is 3.21. The lowest BCUT2D eigenvalue weighted by molar-refractivity contribution is -0.126. The monoisotopic (exact) mass is 452 g/mol. The van der Waals surface area contributed by atoms with Gasteiger partial charge in [-0.1, -0.05) is 26.0 Å². The lowest BCUT2D eigenvalue weighted by Crippen LogP contribution is -2.55. The van der Waals surface area contributed by atoms with Crippen molar-refractivity contribution in [1.82, 2.24) is 16.0 Å². The van der Waals surface area contributed by atoms with E-state index in [2.05, 4.69) is 16.0 Å². The fourth-order valence-electron chi connectivity index (χ4n) is 3.46. The zero-order valence-corrected chi connectivity index (χ0v) is 18.8. The van der Waals surface area contributed by atoms with Gasteiger partial charge in [-0.25, -0.2) is 0 Å². The second-order valence-electron chi connectivity index (χ2n) is 8.17. The molecule has 9 nitrogen and oxygen atoms in total. The van der Waals surface area contributed by atoms with Gasteiger partial charge in [0.15, 0.2) is 0 Å². The number of aliphatic hydroxyl groups is 2. The first-order valence-electron chi connectivity index (χ1n) is 10.3. The van der Waals surface area contributed by atoms with E-state index in [4.69, 9.17) is 5.73 Å². The van der Waals surface area contributed by atoms with Crippen LogP contribution in [0.3, 0.4) is 0 Å². The second-order valence-corrected chi connectivity index (χ2v) is 9.20. The van der Waals surface area contributed by atoms with E-state index in [0.29, 0.717) is 6.42 Å². The van der Waals surface area contributed by atoms with Gasteiger partial charge in [-0.15, -0.1) is 11.3 Å². The van der Waals surface area contributed by atoms with Crippen LogP contribution < -0.4 is 21.7 Å². The number of nitrogens with two attached hydrogens (primary N) is 1. The minimum absolute atomic E-state index is 0.106. The van der Waals surface area contributed by atoms with Crippen LogP contribution in [-0.2, 0) is 20.8 Å². The van der Waals surface area contributed by atoms with Crippen LogP contribution in [0, 0.1) is 5.92 Å². The van der Waals surface area contributed by atoms with Crippen molar-refractivity contribution in [3.8, 4) is 0 Å². The molecule has 3 amide bonds. The maximum absolute atomic E-state index is 12.8. The van der Waals surface area contributed by atoms with E-state index in [0.717, 1.165) is 4.88 Å². The number of amides is 3. The van der Waals surface area contributed by atoms with Crippen molar-refractivity contribution < 1.29 is 24.6 Å². The van der Waals surface area contributed by atoms with Crippen LogP contribution in [0.1, 0.15) is 31.6 Å². The van der Waals surface area contributed by atoms with Gasteiger partial charge in [-0.3, -0.25) is 14.4 Å². The fraction of sp³-hybridized carbons (Fsp3) is 0.571. The van der Waals surface area contributed by atoms with Crippen molar-refractivity contribution in [1.29, 1.82) is 0 Å². The maximum Gasteiger partial charge on any atom is 0.247 e. The standard InChI is InChI=1S/C21H32N4O5S/c1-11(2)7-16(23-3)21(30)24-14-8-12(9-17(26)18(14)27)20(29)25-15(19(22)28)10-13-5-4-6-31-13/h4-6,8,11,14-18,23,26-27H,7,9-10H2,1-3H3,(H2,22,28)(H,24,30)(H,25,29). The van der Waals surface area contributed by atoms with Gasteiger partial charge in [-0.2, -0.15) is 0 Å². The SMILES string of the molecule is CNC(CC(C)C)C(=O)NC1C=C(C(=O)NC(Cc2cccs2)C(N)=O)CC(O)C1O. The van der Waals surface area contributed by atoms with Crippen LogP contribution in [-0.4, -0.2) is 65.3 Å². The molecule has 1 aliphatic carbocycles. The zero-order chi connectivity index (χ0) is 23.1. The Morgan fingerprint density at radius 1 is 1.26 bits per heavy atom. The predicted octanol–water partition coefficient (Wildman–Crippen LogP) is -0.568. The normalized spacial score (nSPS) is 23.0.